The van der Waals surface area contributed by atoms with Crippen molar-refractivity contribution in [1.82, 2.24) is 19.7 Å². The smallest absolute Gasteiger partial charge is 0.262 e. The molecule has 4 aromatic rings. The summed E-state index contributed by atoms with van der Waals surface area (Å²) in [4.78, 5) is 28.1. The number of H-pyrrole nitrogens is 1. The van der Waals surface area contributed by atoms with E-state index in [2.05, 4.69) is 31.1 Å². The lowest BCUT2D eigenvalue weighted by Gasteiger charge is -2.19. The van der Waals surface area contributed by atoms with E-state index in [0.717, 1.165) is 40.3 Å². The van der Waals surface area contributed by atoms with Crippen LogP contribution < -0.4 is 10.1 Å². The molecule has 33 heavy (non-hydrogen) atoms. The molecule has 0 radical (unpaired) electrons. The zero-order valence-electron chi connectivity index (χ0n) is 17.9. The molecule has 6 rings (SSSR count). The van der Waals surface area contributed by atoms with Crippen LogP contribution in [0, 0.1) is 0 Å². The number of Topliss-reactive ketones (excluding diaryl/α,β-unsaturated/α-hetero) is 1. The number of nitrogens with zero attached hydrogens (tertiary/aromatic N) is 3. The molecule has 1 fully saturated rings. The lowest BCUT2D eigenvalue weighted by Crippen LogP contribution is -2.25. The Labute approximate surface area is 193 Å². The number of anilines is 1. The van der Waals surface area contributed by atoms with Gasteiger partial charge in [-0.1, -0.05) is 30.0 Å². The fourth-order valence-corrected chi connectivity index (χ4v) is 5.14. The lowest BCUT2D eigenvalue weighted by molar-refractivity contribution is -0.118. The van der Waals surface area contributed by atoms with Crippen LogP contribution in [0.1, 0.15) is 36.2 Å². The van der Waals surface area contributed by atoms with Gasteiger partial charge in [0.05, 0.1) is 10.9 Å². The molecule has 2 aliphatic rings. The predicted octanol–water partition coefficient (Wildman–Crippen LogP) is 4.46. The number of ketones is 1. The molecule has 166 valence electrons. The summed E-state index contributed by atoms with van der Waals surface area (Å²) in [6.45, 7) is 1.86. The zero-order chi connectivity index (χ0) is 22.5. The van der Waals surface area contributed by atoms with Gasteiger partial charge in [-0.15, -0.1) is 10.2 Å². The van der Waals surface area contributed by atoms with Crippen molar-refractivity contribution in [2.45, 2.75) is 36.2 Å². The van der Waals surface area contributed by atoms with Crippen LogP contribution >= 0.6 is 11.8 Å². The number of amides is 1. The summed E-state index contributed by atoms with van der Waals surface area (Å²) < 4.78 is 7.56. The maximum Gasteiger partial charge on any atom is 0.262 e. The van der Waals surface area contributed by atoms with Gasteiger partial charge in [-0.05, 0) is 44.0 Å². The average molecular weight is 460 g/mol. The molecule has 0 unspecified atom stereocenters. The number of aromatic amines is 1. The van der Waals surface area contributed by atoms with Crippen LogP contribution in [-0.2, 0) is 4.79 Å². The quantitative estimate of drug-likeness (QED) is 0.326. The second-order valence-electron chi connectivity index (χ2n) is 8.33. The lowest BCUT2D eigenvalue weighted by atomic mass is 10.1. The summed E-state index contributed by atoms with van der Waals surface area (Å²) in [5, 5.41) is 13.2. The zero-order valence-corrected chi connectivity index (χ0v) is 18.7. The van der Waals surface area contributed by atoms with E-state index >= 15 is 0 Å². The third-order valence-corrected chi connectivity index (χ3v) is 7.01. The molecular weight excluding hydrogens is 438 g/mol. The van der Waals surface area contributed by atoms with Crippen LogP contribution in [-0.4, -0.2) is 43.3 Å². The summed E-state index contributed by atoms with van der Waals surface area (Å²) in [7, 11) is 0. The Hall–Kier alpha value is -3.59. The molecule has 1 aliphatic carbocycles. The number of fused-ring (bicyclic) bond motifs is 2. The highest BCUT2D eigenvalue weighted by atomic mass is 32.2. The molecule has 1 aliphatic heterocycles. The molecule has 1 saturated carbocycles. The molecule has 0 saturated heterocycles. The molecule has 9 heteroatoms. The van der Waals surface area contributed by atoms with Gasteiger partial charge in [0.2, 0.25) is 0 Å². The molecule has 3 heterocycles. The summed E-state index contributed by atoms with van der Waals surface area (Å²) in [5.41, 5.74) is 3.12. The van der Waals surface area contributed by atoms with E-state index in [1.807, 2.05) is 31.3 Å². The second-order valence-corrected chi connectivity index (χ2v) is 9.64. The largest absolute Gasteiger partial charge is 0.482 e. The molecule has 2 aromatic heterocycles. The van der Waals surface area contributed by atoms with E-state index in [9.17, 15) is 9.59 Å². The van der Waals surface area contributed by atoms with Crippen molar-refractivity contribution in [2.24, 2.45) is 0 Å². The van der Waals surface area contributed by atoms with Crippen molar-refractivity contribution in [1.29, 1.82) is 0 Å². The van der Waals surface area contributed by atoms with Crippen LogP contribution in [0.2, 0.25) is 0 Å². The number of rotatable bonds is 6. The van der Waals surface area contributed by atoms with Crippen LogP contribution in [0.4, 0.5) is 5.69 Å². The third-order valence-electron chi connectivity index (χ3n) is 5.96. The van der Waals surface area contributed by atoms with Gasteiger partial charge in [0, 0.05) is 34.3 Å². The van der Waals surface area contributed by atoms with Crippen molar-refractivity contribution in [2.75, 3.05) is 11.9 Å². The Morgan fingerprint density at radius 1 is 1.21 bits per heavy atom. The van der Waals surface area contributed by atoms with Crippen LogP contribution in [0.25, 0.3) is 22.3 Å². The number of thioether (sulfide) groups is 1. The predicted molar refractivity (Wildman–Crippen MR) is 126 cm³/mol. The minimum atomic E-state index is -0.374. The van der Waals surface area contributed by atoms with E-state index in [1.165, 1.54) is 11.8 Å². The first-order valence-corrected chi connectivity index (χ1v) is 11.8. The number of ether oxygens (including phenoxy) is 1. The van der Waals surface area contributed by atoms with Crippen molar-refractivity contribution in [3.63, 3.8) is 0 Å². The van der Waals surface area contributed by atoms with Gasteiger partial charge >= 0.3 is 0 Å². The topological polar surface area (TPSA) is 102 Å². The van der Waals surface area contributed by atoms with Gasteiger partial charge in [-0.2, -0.15) is 0 Å². The van der Waals surface area contributed by atoms with Crippen molar-refractivity contribution >= 4 is 40.0 Å². The minimum absolute atomic E-state index is 0.0118. The fourth-order valence-electron chi connectivity index (χ4n) is 4.14. The van der Waals surface area contributed by atoms with Gasteiger partial charge in [0.1, 0.15) is 5.75 Å². The van der Waals surface area contributed by atoms with Gasteiger partial charge in [0.15, 0.2) is 23.4 Å². The molecule has 0 bridgehead atoms. The van der Waals surface area contributed by atoms with E-state index in [1.54, 1.807) is 18.2 Å². The Morgan fingerprint density at radius 2 is 2.06 bits per heavy atom. The van der Waals surface area contributed by atoms with Crippen molar-refractivity contribution in [3.05, 3.63) is 54.2 Å². The first-order valence-electron chi connectivity index (χ1n) is 10.9. The number of para-hydroxylation sites is 1. The average Bonchev–Trinajstić information content (AvgIpc) is 3.45. The summed E-state index contributed by atoms with van der Waals surface area (Å²) in [6, 6.07) is 13.6. The number of carbonyl (C=O) groups excluding carboxylic acids is 2. The Kier molecular flexibility index (Phi) is 4.72. The molecule has 2 N–H and O–H groups in total. The summed E-state index contributed by atoms with van der Waals surface area (Å²) in [5.74, 6) is 1.13. The molecule has 8 nitrogen and oxygen atoms in total. The Morgan fingerprint density at radius 3 is 2.91 bits per heavy atom. The summed E-state index contributed by atoms with van der Waals surface area (Å²) >= 11 is 1.41. The SMILES string of the molecule is C[C@@H](Sc1nnc(-c2c[nH]c3ccccc23)n1C1CC1)C(=O)c1ccc2c(c1)NC(=O)CO2. The van der Waals surface area contributed by atoms with E-state index < -0.39 is 0 Å². The van der Waals surface area contributed by atoms with Crippen LogP contribution in [0.15, 0.2) is 53.8 Å². The molecule has 2 aromatic carbocycles. The first-order chi connectivity index (χ1) is 16.1. The van der Waals surface area contributed by atoms with Crippen molar-refractivity contribution in [3.8, 4) is 17.1 Å². The molecule has 0 spiro atoms. The van der Waals surface area contributed by atoms with Crippen LogP contribution in [0.3, 0.4) is 0 Å². The Bertz CT molecular complexity index is 1400. The Balaban J connectivity index is 1.29. The standard InChI is InChI=1S/C24H21N5O3S/c1-13(22(31)14-6-9-20-19(10-14)26-21(30)12-32-20)33-24-28-27-23(29(24)15-7-8-15)17-11-25-18-5-3-2-4-16(17)18/h2-6,9-11,13,15,25H,7-8,12H2,1H3,(H,26,30)/t13-/m1/s1. The van der Waals surface area contributed by atoms with Gasteiger partial charge in [0.25, 0.3) is 5.91 Å². The number of carbonyl (C=O) groups is 2. The highest BCUT2D eigenvalue weighted by Crippen LogP contribution is 2.43. The minimum Gasteiger partial charge on any atom is -0.482 e. The number of hydrogen-bond donors (Lipinski definition) is 2. The molecule has 1 amide bonds. The molecular formula is C24H21N5O3S. The fraction of sp³-hybridized carbons (Fsp3) is 0.250. The number of hydrogen-bond acceptors (Lipinski definition) is 6. The normalized spacial score (nSPS) is 16.2. The highest BCUT2D eigenvalue weighted by molar-refractivity contribution is 8.00. The third kappa shape index (κ3) is 3.58. The first kappa shape index (κ1) is 20.0. The van der Waals surface area contributed by atoms with Gasteiger partial charge < -0.3 is 15.0 Å². The second kappa shape index (κ2) is 7.77. The van der Waals surface area contributed by atoms with Gasteiger partial charge in [-0.25, -0.2) is 0 Å². The van der Waals surface area contributed by atoms with Gasteiger partial charge in [-0.3, -0.25) is 14.2 Å². The van der Waals surface area contributed by atoms with E-state index in [0.29, 0.717) is 23.0 Å². The van der Waals surface area contributed by atoms with E-state index in [-0.39, 0.29) is 23.5 Å². The van der Waals surface area contributed by atoms with Crippen LogP contribution in [0.5, 0.6) is 5.75 Å². The van der Waals surface area contributed by atoms with E-state index in [4.69, 9.17) is 4.74 Å². The molecule has 1 atom stereocenters. The summed E-state index contributed by atoms with van der Waals surface area (Å²) in [6.07, 6.45) is 4.13. The highest BCUT2D eigenvalue weighted by Gasteiger charge is 2.32. The number of nitrogens with one attached hydrogen (secondary N) is 2. The number of benzene rings is 2. The number of aromatic nitrogens is 4. The maximum absolute atomic E-state index is 13.2. The monoisotopic (exact) mass is 459 g/mol. The maximum atomic E-state index is 13.2. The van der Waals surface area contributed by atoms with Crippen molar-refractivity contribution < 1.29 is 14.3 Å².